The molecule has 0 saturated heterocycles. The van der Waals surface area contributed by atoms with Crippen molar-refractivity contribution >= 4 is 32.5 Å². The molecule has 0 N–H and O–H groups in total. The standard InChI is InChI=1S/C35H33N2S.C13H12N.Ir/c1-23(2)27-13-10-14-28(24(3)4)34(27)37-32-16-9-8-15-31(32)36-35(37)30-22-38-33-20-19-26(21-29(30)33)18-17-25-11-6-5-7-12-25;1-10-3-6-12(7-4-10)13-8-5-11(2)9-14-13;/h5-16,19-21,23-24H,17-18H2,1-4H3;3-6,8-9H,1-2H3;/q2*-1;/i;1D3,2D3;. The molecule has 0 spiro atoms. The number of hydrogen-bond donors (Lipinski definition) is 0. The Kier molecular flexibility index (Phi) is 9.86. The second kappa shape index (κ2) is 17.0. The zero-order valence-electron chi connectivity index (χ0n) is 36.3. The Bertz CT molecular complexity index is 2560. The maximum atomic E-state index is 7.28. The van der Waals surface area contributed by atoms with Gasteiger partial charge in [-0.2, -0.15) is 0 Å². The van der Waals surface area contributed by atoms with Crippen LogP contribution in [0.2, 0.25) is 0 Å². The van der Waals surface area contributed by atoms with Crippen LogP contribution >= 0.6 is 11.3 Å². The van der Waals surface area contributed by atoms with Crippen LogP contribution in [0.1, 0.15) is 81.1 Å². The van der Waals surface area contributed by atoms with Crippen LogP contribution < -0.4 is 0 Å². The first-order chi connectivity index (χ1) is 27.7. The molecule has 0 aliphatic heterocycles. The topological polar surface area (TPSA) is 30.7 Å². The van der Waals surface area contributed by atoms with Crippen molar-refractivity contribution in [1.29, 1.82) is 0 Å². The van der Waals surface area contributed by atoms with Gasteiger partial charge in [0.1, 0.15) is 0 Å². The SMILES string of the molecule is CC(C)c1cccc(C(C)C)c1-n1c(-c2[c-]sc3ccc(CCc4ccccc4)cc23)nc2ccccc21.[2H]C([2H])([2H])c1c[c-]c(-c2ccc(C([2H])([2H])[2H])cn2)cc1.[Ir]. The van der Waals surface area contributed by atoms with E-state index < -0.39 is 13.7 Å². The predicted molar refractivity (Wildman–Crippen MR) is 221 cm³/mol. The van der Waals surface area contributed by atoms with E-state index in [1.165, 1.54) is 62.4 Å². The molecule has 3 aromatic heterocycles. The first-order valence-electron chi connectivity index (χ1n) is 20.8. The Morgan fingerprint density at radius 2 is 1.45 bits per heavy atom. The molecular weight excluding hydrogens is 843 g/mol. The third-order valence-corrected chi connectivity index (χ3v) is 10.2. The van der Waals surface area contributed by atoms with Gasteiger partial charge < -0.3 is 9.55 Å². The van der Waals surface area contributed by atoms with Crippen LogP contribution in [0, 0.1) is 25.2 Å². The maximum absolute atomic E-state index is 7.28. The molecule has 3 nitrogen and oxygen atoms in total. The van der Waals surface area contributed by atoms with Gasteiger partial charge >= 0.3 is 0 Å². The van der Waals surface area contributed by atoms with E-state index in [0.717, 1.165) is 35.3 Å². The smallest absolute Gasteiger partial charge is 0.0774 e. The number of hydrogen-bond acceptors (Lipinski definition) is 3. The molecule has 5 aromatic carbocycles. The Labute approximate surface area is 340 Å². The van der Waals surface area contributed by atoms with Crippen LogP contribution in [0.5, 0.6) is 0 Å². The molecule has 0 aliphatic rings. The minimum Gasteiger partial charge on any atom is -0.333 e. The largest absolute Gasteiger partial charge is 0.333 e. The van der Waals surface area contributed by atoms with Gasteiger partial charge in [-0.3, -0.25) is 16.3 Å². The summed E-state index contributed by atoms with van der Waals surface area (Å²) in [6.07, 6.45) is 3.35. The monoisotopic (exact) mass is 894 g/mol. The van der Waals surface area contributed by atoms with Crippen LogP contribution in [0.15, 0.2) is 128 Å². The molecule has 8 rings (SSSR count). The third-order valence-electron chi connectivity index (χ3n) is 9.32. The third kappa shape index (κ3) is 8.44. The van der Waals surface area contributed by atoms with Crippen molar-refractivity contribution in [3.05, 3.63) is 172 Å². The summed E-state index contributed by atoms with van der Waals surface area (Å²) < 4.78 is 47.3. The first-order valence-corrected chi connectivity index (χ1v) is 18.6. The average molecular weight is 894 g/mol. The van der Waals surface area contributed by atoms with Crippen molar-refractivity contribution in [3.63, 3.8) is 0 Å². The summed E-state index contributed by atoms with van der Waals surface area (Å²) in [6, 6.07) is 43.4. The van der Waals surface area contributed by atoms with Crippen LogP contribution in [0.3, 0.4) is 0 Å². The van der Waals surface area contributed by atoms with Gasteiger partial charge in [0.2, 0.25) is 0 Å². The number of nitrogens with zero attached hydrogens (tertiary/aromatic N) is 3. The molecule has 0 amide bonds. The minimum absolute atomic E-state index is 0. The zero-order valence-corrected chi connectivity index (χ0v) is 33.5. The molecule has 269 valence electrons. The average Bonchev–Trinajstić information content (AvgIpc) is 3.81. The molecule has 0 unspecified atom stereocenters. The van der Waals surface area contributed by atoms with Crippen molar-refractivity contribution in [1.82, 2.24) is 14.5 Å². The number of rotatable bonds is 8. The number of aryl methyl sites for hydroxylation is 4. The Morgan fingerprint density at radius 1 is 0.736 bits per heavy atom. The van der Waals surface area contributed by atoms with Crippen molar-refractivity contribution in [2.24, 2.45) is 0 Å². The Morgan fingerprint density at radius 3 is 2.13 bits per heavy atom. The molecule has 8 aromatic rings. The number of benzene rings is 5. The molecule has 5 heteroatoms. The number of thiophene rings is 1. The van der Waals surface area contributed by atoms with Crippen LogP contribution in [0.25, 0.3) is 49.5 Å². The number of imidazole rings is 1. The van der Waals surface area contributed by atoms with Crippen LogP contribution in [-0.4, -0.2) is 14.5 Å². The fourth-order valence-corrected chi connectivity index (χ4v) is 7.43. The summed E-state index contributed by atoms with van der Waals surface area (Å²) in [7, 11) is 0. The predicted octanol–water partition coefficient (Wildman–Crippen LogP) is 12.9. The molecular formula is C48H45IrN3S-2. The van der Waals surface area contributed by atoms with E-state index >= 15 is 0 Å². The summed E-state index contributed by atoms with van der Waals surface area (Å²) in [5, 5.41) is 4.90. The second-order valence-corrected chi connectivity index (χ2v) is 14.5. The number of pyridine rings is 1. The van der Waals surface area contributed by atoms with Gasteiger partial charge in [0, 0.05) is 40.2 Å². The van der Waals surface area contributed by atoms with Gasteiger partial charge in [-0.15, -0.1) is 46.8 Å². The molecule has 1 radical (unpaired) electrons. The van der Waals surface area contributed by atoms with E-state index in [4.69, 9.17) is 13.2 Å². The van der Waals surface area contributed by atoms with Crippen LogP contribution in [0.4, 0.5) is 0 Å². The van der Waals surface area contributed by atoms with Gasteiger partial charge in [-0.25, -0.2) is 0 Å². The summed E-state index contributed by atoms with van der Waals surface area (Å²) in [6.45, 7) is 4.80. The van der Waals surface area contributed by atoms with Gasteiger partial charge in [0.15, 0.2) is 0 Å². The molecule has 0 fully saturated rings. The van der Waals surface area contributed by atoms with Crippen molar-refractivity contribution in [3.8, 4) is 28.3 Å². The first kappa shape index (κ1) is 30.8. The number of para-hydroxylation sites is 3. The molecule has 53 heavy (non-hydrogen) atoms. The van der Waals surface area contributed by atoms with Crippen molar-refractivity contribution < 1.29 is 28.3 Å². The Balaban J connectivity index is 0.000000236. The molecule has 0 atom stereocenters. The van der Waals surface area contributed by atoms with E-state index in [2.05, 4.69) is 140 Å². The molecule has 3 heterocycles. The maximum Gasteiger partial charge on any atom is 0.0774 e. The fourth-order valence-electron chi connectivity index (χ4n) is 6.60. The zero-order chi connectivity index (χ0) is 41.2. The number of aromatic nitrogens is 3. The summed E-state index contributed by atoms with van der Waals surface area (Å²) in [4.78, 5) is 9.32. The van der Waals surface area contributed by atoms with E-state index in [0.29, 0.717) is 23.1 Å². The second-order valence-electron chi connectivity index (χ2n) is 13.7. The normalized spacial score (nSPS) is 13.3. The van der Waals surface area contributed by atoms with Gasteiger partial charge in [0.05, 0.1) is 16.9 Å². The molecule has 0 aliphatic carbocycles. The van der Waals surface area contributed by atoms with E-state index in [-0.39, 0.29) is 31.2 Å². The summed E-state index contributed by atoms with van der Waals surface area (Å²) in [5.41, 5.74) is 11.5. The Hall–Kier alpha value is -4.67. The van der Waals surface area contributed by atoms with Crippen LogP contribution in [-0.2, 0) is 32.9 Å². The van der Waals surface area contributed by atoms with E-state index in [1.807, 2.05) is 0 Å². The van der Waals surface area contributed by atoms with Gasteiger partial charge in [-0.05, 0) is 71.6 Å². The summed E-state index contributed by atoms with van der Waals surface area (Å²) in [5.74, 6) is 1.77. The number of fused-ring (bicyclic) bond motifs is 2. The molecule has 0 saturated carbocycles. The summed E-state index contributed by atoms with van der Waals surface area (Å²) >= 11 is 1.69. The van der Waals surface area contributed by atoms with Crippen molar-refractivity contribution in [2.45, 2.75) is 66.1 Å². The van der Waals surface area contributed by atoms with Gasteiger partial charge in [-0.1, -0.05) is 141 Å². The van der Waals surface area contributed by atoms with E-state index in [9.17, 15) is 0 Å². The quantitative estimate of drug-likeness (QED) is 0.142. The molecule has 0 bridgehead atoms. The van der Waals surface area contributed by atoms with Crippen molar-refractivity contribution in [2.75, 3.05) is 0 Å². The van der Waals surface area contributed by atoms with Gasteiger partial charge in [0.25, 0.3) is 0 Å². The fraction of sp³-hybridized carbons (Fsp3) is 0.208. The minimum atomic E-state index is -2.18. The van der Waals surface area contributed by atoms with E-state index in [1.54, 1.807) is 23.5 Å².